The van der Waals surface area contributed by atoms with Crippen LogP contribution in [0.2, 0.25) is 0 Å². The fourth-order valence-electron chi connectivity index (χ4n) is 1.18. The molecule has 90 valence electrons. The van der Waals surface area contributed by atoms with E-state index in [1.54, 1.807) is 31.2 Å². The third-order valence-electron chi connectivity index (χ3n) is 2.19. The lowest BCUT2D eigenvalue weighted by Crippen LogP contribution is -2.11. The molecule has 1 aromatic carbocycles. The molecule has 0 atom stereocenters. The van der Waals surface area contributed by atoms with Crippen molar-refractivity contribution in [3.05, 3.63) is 24.3 Å². The van der Waals surface area contributed by atoms with E-state index in [1.807, 2.05) is 0 Å². The van der Waals surface area contributed by atoms with Gasteiger partial charge in [0, 0.05) is 11.4 Å². The van der Waals surface area contributed by atoms with Crippen LogP contribution in [0.5, 0.6) is 5.75 Å². The van der Waals surface area contributed by atoms with Gasteiger partial charge in [-0.1, -0.05) is 6.92 Å². The zero-order valence-corrected chi connectivity index (χ0v) is 10.2. The van der Waals surface area contributed by atoms with E-state index in [2.05, 4.69) is 0 Å². The number of hydrogen-bond acceptors (Lipinski definition) is 4. The Bertz CT molecular complexity index is 411. The van der Waals surface area contributed by atoms with Gasteiger partial charge in [0.05, 0.1) is 12.4 Å². The van der Waals surface area contributed by atoms with E-state index in [0.717, 1.165) is 0 Å². The summed E-state index contributed by atoms with van der Waals surface area (Å²) in [7, 11) is -2.88. The van der Waals surface area contributed by atoms with Crippen LogP contribution in [0, 0.1) is 0 Å². The molecule has 0 saturated heterocycles. The van der Waals surface area contributed by atoms with Crippen LogP contribution >= 0.6 is 0 Å². The first kappa shape index (κ1) is 12.8. The van der Waals surface area contributed by atoms with Gasteiger partial charge in [-0.05, 0) is 30.7 Å². The minimum absolute atomic E-state index is 0.179. The summed E-state index contributed by atoms with van der Waals surface area (Å²) in [5, 5.41) is 0. The van der Waals surface area contributed by atoms with Crippen LogP contribution in [0.1, 0.15) is 13.3 Å². The van der Waals surface area contributed by atoms with Gasteiger partial charge in [-0.2, -0.15) is 0 Å². The molecule has 0 aliphatic heterocycles. The Morgan fingerprint density at radius 1 is 1.25 bits per heavy atom. The third kappa shape index (κ3) is 4.53. The molecule has 0 aliphatic rings. The monoisotopic (exact) mass is 243 g/mol. The molecule has 2 N–H and O–H groups in total. The molecule has 0 aromatic heterocycles. The molecular formula is C11H17NO3S. The lowest BCUT2D eigenvalue weighted by molar-refractivity contribution is 0.318. The zero-order chi connectivity index (χ0) is 12.0. The van der Waals surface area contributed by atoms with Gasteiger partial charge in [0.2, 0.25) is 0 Å². The molecule has 0 spiro atoms. The Hall–Kier alpha value is -1.23. The van der Waals surface area contributed by atoms with Gasteiger partial charge in [0.25, 0.3) is 0 Å². The summed E-state index contributed by atoms with van der Waals surface area (Å²) < 4.78 is 27.7. The molecule has 0 unspecified atom stereocenters. The minimum atomic E-state index is -2.88. The van der Waals surface area contributed by atoms with Crippen molar-refractivity contribution in [3.63, 3.8) is 0 Å². The van der Waals surface area contributed by atoms with E-state index in [0.29, 0.717) is 24.5 Å². The van der Waals surface area contributed by atoms with E-state index in [-0.39, 0.29) is 11.5 Å². The van der Waals surface area contributed by atoms with Crippen molar-refractivity contribution in [2.45, 2.75) is 13.3 Å². The Balaban J connectivity index is 2.29. The topological polar surface area (TPSA) is 69.4 Å². The molecule has 1 aromatic rings. The van der Waals surface area contributed by atoms with Crippen LogP contribution in [0.3, 0.4) is 0 Å². The molecule has 0 saturated carbocycles. The first-order chi connectivity index (χ1) is 7.53. The van der Waals surface area contributed by atoms with Crippen molar-refractivity contribution in [2.75, 3.05) is 23.8 Å². The first-order valence-electron chi connectivity index (χ1n) is 5.22. The third-order valence-corrected chi connectivity index (χ3v) is 3.98. The van der Waals surface area contributed by atoms with Crippen molar-refractivity contribution in [2.24, 2.45) is 0 Å². The highest BCUT2D eigenvalue weighted by molar-refractivity contribution is 7.91. The van der Waals surface area contributed by atoms with Gasteiger partial charge >= 0.3 is 0 Å². The summed E-state index contributed by atoms with van der Waals surface area (Å²) in [6.45, 7) is 2.05. The van der Waals surface area contributed by atoms with Gasteiger partial charge in [0.15, 0.2) is 0 Å². The normalized spacial score (nSPS) is 11.3. The fraction of sp³-hybridized carbons (Fsp3) is 0.455. The number of nitrogens with two attached hydrogens (primary N) is 1. The summed E-state index contributed by atoms with van der Waals surface area (Å²) in [6.07, 6.45) is 0.514. The Labute approximate surface area is 96.3 Å². The number of ether oxygens (including phenoxy) is 1. The molecule has 1 rings (SSSR count). The minimum Gasteiger partial charge on any atom is -0.494 e. The second kappa shape index (κ2) is 5.75. The van der Waals surface area contributed by atoms with E-state index < -0.39 is 9.84 Å². The smallest absolute Gasteiger partial charge is 0.150 e. The Kier molecular flexibility index (Phi) is 4.61. The molecule has 16 heavy (non-hydrogen) atoms. The Morgan fingerprint density at radius 2 is 1.88 bits per heavy atom. The lowest BCUT2D eigenvalue weighted by atomic mass is 10.3. The number of benzene rings is 1. The number of rotatable bonds is 6. The molecule has 0 radical (unpaired) electrons. The average Bonchev–Trinajstić information content (AvgIpc) is 2.27. The number of anilines is 1. The summed E-state index contributed by atoms with van der Waals surface area (Å²) in [5.41, 5.74) is 6.20. The highest BCUT2D eigenvalue weighted by Crippen LogP contribution is 2.13. The van der Waals surface area contributed by atoms with Crippen molar-refractivity contribution >= 4 is 15.5 Å². The molecule has 0 bridgehead atoms. The number of nitrogen functional groups attached to an aromatic ring is 1. The van der Waals surface area contributed by atoms with Crippen LogP contribution in [0.25, 0.3) is 0 Å². The largest absolute Gasteiger partial charge is 0.494 e. The van der Waals surface area contributed by atoms with Crippen LogP contribution in [0.4, 0.5) is 5.69 Å². The van der Waals surface area contributed by atoms with Crippen molar-refractivity contribution in [1.82, 2.24) is 0 Å². The predicted octanol–water partition coefficient (Wildman–Crippen LogP) is 1.47. The number of hydrogen-bond donors (Lipinski definition) is 1. The molecule has 0 amide bonds. The second-order valence-electron chi connectivity index (χ2n) is 3.51. The maximum Gasteiger partial charge on any atom is 0.150 e. The van der Waals surface area contributed by atoms with Crippen molar-refractivity contribution < 1.29 is 13.2 Å². The van der Waals surface area contributed by atoms with Gasteiger partial charge < -0.3 is 10.5 Å². The molecule has 0 heterocycles. The van der Waals surface area contributed by atoms with Gasteiger partial charge in [-0.3, -0.25) is 0 Å². The van der Waals surface area contributed by atoms with Crippen LogP contribution in [-0.2, 0) is 9.84 Å². The first-order valence-corrected chi connectivity index (χ1v) is 7.04. The van der Waals surface area contributed by atoms with Gasteiger partial charge in [-0.15, -0.1) is 0 Å². The van der Waals surface area contributed by atoms with Crippen LogP contribution in [-0.4, -0.2) is 26.5 Å². The molecule has 0 fully saturated rings. The maximum absolute atomic E-state index is 11.2. The highest BCUT2D eigenvalue weighted by atomic mass is 32.2. The molecule has 5 heteroatoms. The van der Waals surface area contributed by atoms with Crippen LogP contribution in [0.15, 0.2) is 24.3 Å². The number of sulfone groups is 1. The fourth-order valence-corrected chi connectivity index (χ4v) is 2.02. The zero-order valence-electron chi connectivity index (χ0n) is 9.35. The molecule has 0 aliphatic carbocycles. The SMILES string of the molecule is CCS(=O)(=O)CCCOc1ccc(N)cc1. The van der Waals surface area contributed by atoms with E-state index in [9.17, 15) is 8.42 Å². The van der Waals surface area contributed by atoms with Crippen LogP contribution < -0.4 is 10.5 Å². The summed E-state index contributed by atoms with van der Waals surface area (Å²) in [4.78, 5) is 0. The summed E-state index contributed by atoms with van der Waals surface area (Å²) in [5.74, 6) is 1.08. The summed E-state index contributed by atoms with van der Waals surface area (Å²) >= 11 is 0. The highest BCUT2D eigenvalue weighted by Gasteiger charge is 2.06. The predicted molar refractivity (Wildman–Crippen MR) is 65.3 cm³/mol. The molecule has 4 nitrogen and oxygen atoms in total. The Morgan fingerprint density at radius 3 is 2.44 bits per heavy atom. The maximum atomic E-state index is 11.2. The van der Waals surface area contributed by atoms with Crippen molar-refractivity contribution in [1.29, 1.82) is 0 Å². The van der Waals surface area contributed by atoms with Gasteiger partial charge in [0.1, 0.15) is 15.6 Å². The van der Waals surface area contributed by atoms with E-state index >= 15 is 0 Å². The van der Waals surface area contributed by atoms with E-state index in [1.165, 1.54) is 0 Å². The van der Waals surface area contributed by atoms with E-state index in [4.69, 9.17) is 10.5 Å². The van der Waals surface area contributed by atoms with Crippen molar-refractivity contribution in [3.8, 4) is 5.75 Å². The average molecular weight is 243 g/mol. The lowest BCUT2D eigenvalue weighted by Gasteiger charge is -2.06. The quantitative estimate of drug-likeness (QED) is 0.607. The second-order valence-corrected chi connectivity index (χ2v) is 5.98. The standard InChI is InChI=1S/C11H17NO3S/c1-2-16(13,14)9-3-8-15-11-6-4-10(12)5-7-11/h4-7H,2-3,8-9,12H2,1H3. The molecular weight excluding hydrogens is 226 g/mol. The summed E-state index contributed by atoms with van der Waals surface area (Å²) in [6, 6.07) is 7.03. The van der Waals surface area contributed by atoms with Gasteiger partial charge in [-0.25, -0.2) is 8.42 Å².